The number of hydrogen-bond acceptors (Lipinski definition) is 10. The number of benzene rings is 1. The molecule has 188 valence electrons. The number of nitrogens with zero attached hydrogens (tertiary/aromatic N) is 4. The number of pyridine rings is 1. The van der Waals surface area contributed by atoms with E-state index in [4.69, 9.17) is 13.9 Å². The molecule has 1 atom stereocenters. The van der Waals surface area contributed by atoms with E-state index in [1.807, 2.05) is 30.3 Å². The van der Waals surface area contributed by atoms with Gasteiger partial charge in [-0.1, -0.05) is 0 Å². The molecule has 0 aliphatic carbocycles. The number of hydrogen-bond donors (Lipinski definition) is 2. The third-order valence-electron chi connectivity index (χ3n) is 6.54. The van der Waals surface area contributed by atoms with Gasteiger partial charge in [-0.05, 0) is 69.0 Å². The Morgan fingerprint density at radius 1 is 1.08 bits per heavy atom. The van der Waals surface area contributed by atoms with Crippen molar-refractivity contribution in [2.45, 2.75) is 38.3 Å². The molecule has 36 heavy (non-hydrogen) atoms. The number of nitrogens with one attached hydrogen (secondary N) is 2. The van der Waals surface area contributed by atoms with E-state index in [2.05, 4.69) is 30.6 Å². The maximum Gasteiger partial charge on any atom is 0.356 e. The second-order valence-electron chi connectivity index (χ2n) is 8.93. The monoisotopic (exact) mass is 490 g/mol. The lowest BCUT2D eigenvalue weighted by molar-refractivity contribution is 0.237. The number of rotatable bonds is 10. The van der Waals surface area contributed by atoms with Gasteiger partial charge in [0.1, 0.15) is 17.5 Å². The average Bonchev–Trinajstić information content (AvgIpc) is 2.92. The Labute approximate surface area is 208 Å². The van der Waals surface area contributed by atoms with E-state index in [0.29, 0.717) is 36.5 Å². The quantitative estimate of drug-likeness (QED) is 0.321. The van der Waals surface area contributed by atoms with Crippen LogP contribution in [-0.4, -0.2) is 52.8 Å². The minimum Gasteiger partial charge on any atom is -0.497 e. The molecule has 10 heteroatoms. The fourth-order valence-corrected chi connectivity index (χ4v) is 4.62. The number of piperidine rings is 1. The second-order valence-corrected chi connectivity index (χ2v) is 8.93. The minimum absolute atomic E-state index is 0.266. The Morgan fingerprint density at radius 3 is 2.78 bits per heavy atom. The first-order valence-electron chi connectivity index (χ1n) is 12.3. The van der Waals surface area contributed by atoms with Crippen LogP contribution in [0.2, 0.25) is 0 Å². The maximum atomic E-state index is 11.5. The van der Waals surface area contributed by atoms with Crippen LogP contribution in [-0.2, 0) is 6.54 Å². The van der Waals surface area contributed by atoms with Crippen LogP contribution in [0.15, 0.2) is 51.9 Å². The Morgan fingerprint density at radius 2 is 1.92 bits per heavy atom. The van der Waals surface area contributed by atoms with Crippen molar-refractivity contribution in [1.29, 1.82) is 0 Å². The maximum absolute atomic E-state index is 11.5. The van der Waals surface area contributed by atoms with E-state index in [-0.39, 0.29) is 5.71 Å². The first-order valence-corrected chi connectivity index (χ1v) is 12.3. The molecule has 2 N–H and O–H groups in total. The highest BCUT2D eigenvalue weighted by molar-refractivity contribution is 5.76. The first-order chi connectivity index (χ1) is 17.7. The largest absolute Gasteiger partial charge is 0.497 e. The van der Waals surface area contributed by atoms with Gasteiger partial charge in [0.05, 0.1) is 36.6 Å². The van der Waals surface area contributed by atoms with E-state index in [0.717, 1.165) is 67.4 Å². The van der Waals surface area contributed by atoms with Crippen LogP contribution in [0.1, 0.15) is 31.4 Å². The van der Waals surface area contributed by atoms with Crippen molar-refractivity contribution in [3.8, 4) is 11.6 Å². The van der Waals surface area contributed by atoms with E-state index in [9.17, 15) is 4.79 Å². The summed E-state index contributed by atoms with van der Waals surface area (Å²) in [5.41, 5.74) is 2.70. The summed E-state index contributed by atoms with van der Waals surface area (Å²) in [7, 11) is 1.63. The van der Waals surface area contributed by atoms with Gasteiger partial charge in [0.15, 0.2) is 0 Å². The van der Waals surface area contributed by atoms with Crippen LogP contribution in [0.4, 0.5) is 0 Å². The molecule has 1 saturated heterocycles. The molecule has 0 radical (unpaired) electrons. The molecule has 1 aliphatic heterocycles. The molecule has 1 aliphatic rings. The van der Waals surface area contributed by atoms with Gasteiger partial charge in [0.25, 0.3) is 0 Å². The Balaban J connectivity index is 1.19. The van der Waals surface area contributed by atoms with Gasteiger partial charge < -0.3 is 24.5 Å². The van der Waals surface area contributed by atoms with E-state index < -0.39 is 5.63 Å². The Bertz CT molecular complexity index is 1370. The van der Waals surface area contributed by atoms with Crippen molar-refractivity contribution in [2.75, 3.05) is 26.8 Å². The molecule has 1 aromatic carbocycles. The number of aromatic nitrogens is 4. The van der Waals surface area contributed by atoms with Gasteiger partial charge in [-0.3, -0.25) is 0 Å². The summed E-state index contributed by atoms with van der Waals surface area (Å²) in [6.07, 6.45) is 6.92. The van der Waals surface area contributed by atoms with Gasteiger partial charge in [0.2, 0.25) is 11.6 Å². The van der Waals surface area contributed by atoms with E-state index >= 15 is 0 Å². The standard InChI is InChI=1S/C26H30N6O4/c1-34-19-5-7-21-23(13-19)32-24(15-29-21)35-12-2-3-20(17-8-10-27-11-9-17)28-14-18-4-6-22-26(31-18)36-25(33)16-30-22/h4-7,13,15-17,20,27-28H,2-3,8-12,14H2,1H3. The molecule has 1 unspecified atom stereocenters. The van der Waals surface area contributed by atoms with Gasteiger partial charge in [-0.25, -0.2) is 24.7 Å². The molecular formula is C26H30N6O4. The summed E-state index contributed by atoms with van der Waals surface area (Å²) in [6.45, 7) is 3.20. The molecular weight excluding hydrogens is 460 g/mol. The molecule has 0 amide bonds. The van der Waals surface area contributed by atoms with Gasteiger partial charge >= 0.3 is 5.63 Å². The molecule has 5 rings (SSSR count). The predicted octanol–water partition coefficient (Wildman–Crippen LogP) is 2.85. The third kappa shape index (κ3) is 5.95. The molecule has 0 bridgehead atoms. The van der Waals surface area contributed by atoms with Crippen molar-refractivity contribution in [3.05, 3.63) is 58.8 Å². The zero-order valence-corrected chi connectivity index (χ0v) is 20.3. The summed E-state index contributed by atoms with van der Waals surface area (Å²) in [5.74, 6) is 1.82. The second kappa shape index (κ2) is 11.4. The van der Waals surface area contributed by atoms with Gasteiger partial charge in [0, 0.05) is 18.7 Å². The van der Waals surface area contributed by atoms with Crippen molar-refractivity contribution >= 4 is 22.3 Å². The van der Waals surface area contributed by atoms with Crippen molar-refractivity contribution in [2.24, 2.45) is 5.92 Å². The zero-order chi connectivity index (χ0) is 24.7. The SMILES string of the molecule is COc1ccc2ncc(OCCCC(NCc3ccc4ncc(=O)oc4n3)C3CCNCC3)nc2c1. The summed E-state index contributed by atoms with van der Waals surface area (Å²) < 4.78 is 16.4. The lowest BCUT2D eigenvalue weighted by Crippen LogP contribution is -2.41. The summed E-state index contributed by atoms with van der Waals surface area (Å²) in [4.78, 5) is 29.0. The molecule has 10 nitrogen and oxygen atoms in total. The van der Waals surface area contributed by atoms with Crippen LogP contribution in [0.3, 0.4) is 0 Å². The van der Waals surface area contributed by atoms with Gasteiger partial charge in [-0.15, -0.1) is 0 Å². The molecule has 0 saturated carbocycles. The molecule has 3 aromatic heterocycles. The fourth-order valence-electron chi connectivity index (χ4n) is 4.62. The summed E-state index contributed by atoms with van der Waals surface area (Å²) in [6, 6.07) is 9.67. The minimum atomic E-state index is -0.497. The van der Waals surface area contributed by atoms with Crippen molar-refractivity contribution in [1.82, 2.24) is 30.6 Å². The van der Waals surface area contributed by atoms with Crippen LogP contribution in [0.5, 0.6) is 11.6 Å². The van der Waals surface area contributed by atoms with Crippen LogP contribution >= 0.6 is 0 Å². The van der Waals surface area contributed by atoms with Crippen molar-refractivity contribution < 1.29 is 13.9 Å². The highest BCUT2D eigenvalue weighted by Crippen LogP contribution is 2.22. The fraction of sp³-hybridized carbons (Fsp3) is 0.423. The molecule has 4 aromatic rings. The normalized spacial score (nSPS) is 15.2. The lowest BCUT2D eigenvalue weighted by atomic mass is 9.87. The number of ether oxygens (including phenoxy) is 2. The number of methoxy groups -OCH3 is 1. The molecule has 1 fully saturated rings. The van der Waals surface area contributed by atoms with E-state index in [1.54, 1.807) is 13.3 Å². The van der Waals surface area contributed by atoms with Crippen LogP contribution < -0.4 is 25.7 Å². The first kappa shape index (κ1) is 24.1. The molecule has 4 heterocycles. The number of fused-ring (bicyclic) bond motifs is 2. The van der Waals surface area contributed by atoms with Crippen molar-refractivity contribution in [3.63, 3.8) is 0 Å². The average molecular weight is 491 g/mol. The highest BCUT2D eigenvalue weighted by atomic mass is 16.5. The van der Waals surface area contributed by atoms with Crippen LogP contribution in [0, 0.1) is 5.92 Å². The highest BCUT2D eigenvalue weighted by Gasteiger charge is 2.23. The Kier molecular flexibility index (Phi) is 7.63. The molecule has 0 spiro atoms. The Hall–Kier alpha value is -3.63. The smallest absolute Gasteiger partial charge is 0.356 e. The predicted molar refractivity (Wildman–Crippen MR) is 135 cm³/mol. The summed E-state index contributed by atoms with van der Waals surface area (Å²) in [5, 5.41) is 7.14. The van der Waals surface area contributed by atoms with E-state index in [1.165, 1.54) is 0 Å². The van der Waals surface area contributed by atoms with Crippen LogP contribution in [0.25, 0.3) is 22.3 Å². The third-order valence-corrected chi connectivity index (χ3v) is 6.54. The zero-order valence-electron chi connectivity index (χ0n) is 20.3. The lowest BCUT2D eigenvalue weighted by Gasteiger charge is -2.31. The topological polar surface area (TPSA) is 124 Å². The van der Waals surface area contributed by atoms with Gasteiger partial charge in [-0.2, -0.15) is 0 Å². The summed E-state index contributed by atoms with van der Waals surface area (Å²) >= 11 is 0.